The SMILES string of the molecule is COC[C@H]([C@@H](OCc1ccccc1)[C@@H](OCc1ccccc1)C(=O)O)N(C)C(=O)OC(C)(C)C. The first-order chi connectivity index (χ1) is 16.1. The Balaban J connectivity index is 2.33. The number of likely N-dealkylation sites (N-methyl/N-ethyl adjacent to an activating group) is 1. The van der Waals surface area contributed by atoms with Gasteiger partial charge in [0.05, 0.1) is 25.9 Å². The van der Waals surface area contributed by atoms with Crippen molar-refractivity contribution in [3.8, 4) is 0 Å². The molecular formula is C26H35NO7. The van der Waals surface area contributed by atoms with Gasteiger partial charge in [0.1, 0.15) is 11.7 Å². The number of ether oxygens (including phenoxy) is 4. The summed E-state index contributed by atoms with van der Waals surface area (Å²) in [7, 11) is 3.01. The van der Waals surface area contributed by atoms with E-state index in [4.69, 9.17) is 18.9 Å². The Morgan fingerprint density at radius 2 is 1.41 bits per heavy atom. The van der Waals surface area contributed by atoms with Crippen molar-refractivity contribution < 1.29 is 33.6 Å². The Labute approximate surface area is 201 Å². The van der Waals surface area contributed by atoms with Crippen LogP contribution in [0.3, 0.4) is 0 Å². The molecule has 0 unspecified atom stereocenters. The zero-order valence-electron chi connectivity index (χ0n) is 20.5. The van der Waals surface area contributed by atoms with E-state index in [0.29, 0.717) is 0 Å². The van der Waals surface area contributed by atoms with Gasteiger partial charge in [-0.25, -0.2) is 9.59 Å². The Morgan fingerprint density at radius 3 is 1.85 bits per heavy atom. The summed E-state index contributed by atoms with van der Waals surface area (Å²) >= 11 is 0. The number of hydrogen-bond donors (Lipinski definition) is 1. The zero-order chi connectivity index (χ0) is 25.1. The van der Waals surface area contributed by atoms with E-state index in [-0.39, 0.29) is 19.8 Å². The van der Waals surface area contributed by atoms with E-state index in [1.807, 2.05) is 60.7 Å². The third-order valence-corrected chi connectivity index (χ3v) is 5.00. The van der Waals surface area contributed by atoms with Crippen molar-refractivity contribution in [1.29, 1.82) is 0 Å². The number of methoxy groups -OCH3 is 1. The lowest BCUT2D eigenvalue weighted by atomic mass is 10.0. The van der Waals surface area contributed by atoms with Crippen molar-refractivity contribution in [3.63, 3.8) is 0 Å². The summed E-state index contributed by atoms with van der Waals surface area (Å²) in [5.74, 6) is -1.20. The molecule has 3 atom stereocenters. The van der Waals surface area contributed by atoms with Crippen LogP contribution in [0.25, 0.3) is 0 Å². The predicted octanol–water partition coefficient (Wildman–Crippen LogP) is 4.12. The van der Waals surface area contributed by atoms with E-state index in [1.54, 1.807) is 20.8 Å². The van der Waals surface area contributed by atoms with Gasteiger partial charge in [-0.05, 0) is 31.9 Å². The number of carboxylic acid groups (broad SMARTS) is 1. The minimum atomic E-state index is -1.37. The van der Waals surface area contributed by atoms with E-state index in [1.165, 1.54) is 19.1 Å². The second kappa shape index (κ2) is 13.1. The van der Waals surface area contributed by atoms with Crippen LogP contribution in [-0.4, -0.2) is 66.7 Å². The lowest BCUT2D eigenvalue weighted by molar-refractivity contribution is -0.172. The molecule has 0 aliphatic carbocycles. The van der Waals surface area contributed by atoms with Gasteiger partial charge in [-0.3, -0.25) is 0 Å². The molecule has 2 aromatic rings. The van der Waals surface area contributed by atoms with Crippen LogP contribution < -0.4 is 0 Å². The standard InChI is InChI=1S/C26H35NO7/c1-26(2,3)34-25(30)27(4)21(18-31-5)22(32-16-19-12-8-6-9-13-19)23(24(28)29)33-17-20-14-10-7-11-15-20/h6-15,21-23H,16-18H2,1-5H3,(H,28,29)/t21-,22-,23-/m1/s1. The van der Waals surface area contributed by atoms with Crippen molar-refractivity contribution in [2.45, 2.75) is 57.8 Å². The average Bonchev–Trinajstić information content (AvgIpc) is 2.79. The zero-order valence-corrected chi connectivity index (χ0v) is 20.5. The van der Waals surface area contributed by atoms with Crippen molar-refractivity contribution in [2.24, 2.45) is 0 Å². The summed E-state index contributed by atoms with van der Waals surface area (Å²) < 4.78 is 22.8. The van der Waals surface area contributed by atoms with E-state index in [2.05, 4.69) is 0 Å². The highest BCUT2D eigenvalue weighted by atomic mass is 16.6. The van der Waals surface area contributed by atoms with Gasteiger partial charge in [0.15, 0.2) is 6.10 Å². The number of aliphatic carboxylic acids is 1. The van der Waals surface area contributed by atoms with Crippen molar-refractivity contribution in [2.75, 3.05) is 20.8 Å². The quantitative estimate of drug-likeness (QED) is 0.495. The predicted molar refractivity (Wildman–Crippen MR) is 127 cm³/mol. The first-order valence-corrected chi connectivity index (χ1v) is 11.1. The van der Waals surface area contributed by atoms with Crippen LogP contribution in [0, 0.1) is 0 Å². The molecule has 1 N–H and O–H groups in total. The molecule has 0 fully saturated rings. The normalized spacial score (nSPS) is 14.1. The van der Waals surface area contributed by atoms with Crippen LogP contribution in [-0.2, 0) is 37.0 Å². The van der Waals surface area contributed by atoms with Crippen molar-refractivity contribution in [1.82, 2.24) is 4.90 Å². The van der Waals surface area contributed by atoms with Gasteiger partial charge in [0.25, 0.3) is 0 Å². The molecule has 1 amide bonds. The highest BCUT2D eigenvalue weighted by Crippen LogP contribution is 2.21. The van der Waals surface area contributed by atoms with Gasteiger partial charge < -0.3 is 29.0 Å². The fourth-order valence-electron chi connectivity index (χ4n) is 3.30. The highest BCUT2D eigenvalue weighted by Gasteiger charge is 2.41. The summed E-state index contributed by atoms with van der Waals surface area (Å²) in [5, 5.41) is 10.1. The number of carbonyl (C=O) groups is 2. The molecule has 0 aliphatic rings. The maximum absolute atomic E-state index is 12.8. The Kier molecular flexibility index (Phi) is 10.5. The van der Waals surface area contributed by atoms with Gasteiger partial charge in [-0.15, -0.1) is 0 Å². The lowest BCUT2D eigenvalue weighted by Crippen LogP contribution is -2.56. The summed E-state index contributed by atoms with van der Waals surface area (Å²) in [4.78, 5) is 26.5. The second-order valence-corrected chi connectivity index (χ2v) is 8.93. The molecule has 0 heterocycles. The van der Waals surface area contributed by atoms with Crippen LogP contribution in [0.2, 0.25) is 0 Å². The van der Waals surface area contributed by atoms with Crippen LogP contribution in [0.1, 0.15) is 31.9 Å². The molecule has 186 valence electrons. The van der Waals surface area contributed by atoms with E-state index in [0.717, 1.165) is 11.1 Å². The number of carboxylic acids is 1. The summed E-state index contributed by atoms with van der Waals surface area (Å²) in [6, 6.07) is 17.8. The number of amides is 1. The van der Waals surface area contributed by atoms with Gasteiger partial charge in [-0.1, -0.05) is 60.7 Å². The average molecular weight is 474 g/mol. The maximum atomic E-state index is 12.8. The van der Waals surface area contributed by atoms with Crippen LogP contribution >= 0.6 is 0 Å². The molecule has 0 spiro atoms. The molecule has 0 radical (unpaired) electrons. The van der Waals surface area contributed by atoms with E-state index in [9.17, 15) is 14.7 Å². The molecule has 0 aliphatic heterocycles. The molecular weight excluding hydrogens is 438 g/mol. The largest absolute Gasteiger partial charge is 0.479 e. The Morgan fingerprint density at radius 1 is 0.912 bits per heavy atom. The molecule has 0 saturated carbocycles. The van der Waals surface area contributed by atoms with Crippen molar-refractivity contribution in [3.05, 3.63) is 71.8 Å². The van der Waals surface area contributed by atoms with Gasteiger partial charge in [-0.2, -0.15) is 0 Å². The molecule has 0 bridgehead atoms. The number of carbonyl (C=O) groups excluding carboxylic acids is 1. The van der Waals surface area contributed by atoms with E-state index >= 15 is 0 Å². The Hall–Kier alpha value is -2.94. The third-order valence-electron chi connectivity index (χ3n) is 5.00. The maximum Gasteiger partial charge on any atom is 0.410 e. The van der Waals surface area contributed by atoms with Crippen LogP contribution in [0.15, 0.2) is 60.7 Å². The third kappa shape index (κ3) is 8.78. The molecule has 2 aromatic carbocycles. The monoisotopic (exact) mass is 473 g/mol. The minimum Gasteiger partial charge on any atom is -0.479 e. The summed E-state index contributed by atoms with van der Waals surface area (Å²) in [5.41, 5.74) is 0.953. The topological polar surface area (TPSA) is 94.5 Å². The number of benzene rings is 2. The van der Waals surface area contributed by atoms with E-state index < -0.39 is 35.9 Å². The minimum absolute atomic E-state index is 0.0215. The number of rotatable bonds is 12. The molecule has 0 saturated heterocycles. The molecule has 8 nitrogen and oxygen atoms in total. The lowest BCUT2D eigenvalue weighted by Gasteiger charge is -2.37. The first kappa shape index (κ1) is 27.3. The molecule has 8 heteroatoms. The van der Waals surface area contributed by atoms with Crippen molar-refractivity contribution >= 4 is 12.1 Å². The Bertz CT molecular complexity index is 883. The van der Waals surface area contributed by atoms with Crippen LogP contribution in [0.4, 0.5) is 4.79 Å². The van der Waals surface area contributed by atoms with Gasteiger partial charge >= 0.3 is 12.1 Å². The smallest absolute Gasteiger partial charge is 0.410 e. The van der Waals surface area contributed by atoms with Gasteiger partial charge in [0.2, 0.25) is 0 Å². The highest BCUT2D eigenvalue weighted by molar-refractivity contribution is 5.74. The second-order valence-electron chi connectivity index (χ2n) is 8.93. The summed E-state index contributed by atoms with van der Waals surface area (Å²) in [6.07, 6.45) is -3.03. The summed E-state index contributed by atoms with van der Waals surface area (Å²) in [6.45, 7) is 5.50. The first-order valence-electron chi connectivity index (χ1n) is 11.1. The fraction of sp³-hybridized carbons (Fsp3) is 0.462. The number of nitrogens with zero attached hydrogens (tertiary/aromatic N) is 1. The number of hydrogen-bond acceptors (Lipinski definition) is 6. The van der Waals surface area contributed by atoms with Gasteiger partial charge in [0, 0.05) is 14.2 Å². The molecule has 2 rings (SSSR count). The fourth-order valence-corrected chi connectivity index (χ4v) is 3.30. The molecule has 0 aromatic heterocycles. The molecule has 34 heavy (non-hydrogen) atoms. The van der Waals surface area contributed by atoms with Crippen LogP contribution in [0.5, 0.6) is 0 Å².